The maximum Gasteiger partial charge on any atom is 0.184 e. The van der Waals surface area contributed by atoms with Crippen LogP contribution >= 0.6 is 11.3 Å². The minimum Gasteiger partial charge on any atom is -0.354 e. The summed E-state index contributed by atoms with van der Waals surface area (Å²) in [6, 6.07) is 0. The lowest BCUT2D eigenvalue weighted by molar-refractivity contribution is 0.377. The third kappa shape index (κ3) is 2.92. The molecule has 0 saturated carbocycles. The summed E-state index contributed by atoms with van der Waals surface area (Å²) in [5.74, 6) is 0.814. The van der Waals surface area contributed by atoms with Gasteiger partial charge >= 0.3 is 0 Å². The Bertz CT molecular complexity index is 303. The molecule has 4 heteroatoms. The van der Waals surface area contributed by atoms with E-state index >= 15 is 0 Å². The second-order valence-corrected chi connectivity index (χ2v) is 5.51. The Kier molecular flexibility index (Phi) is 3.59. The number of piperidine rings is 1. The molecule has 1 unspecified atom stereocenters. The number of hydrogen-bond donors (Lipinski definition) is 1. The first-order valence-electron chi connectivity index (χ1n) is 5.58. The third-order valence-corrected chi connectivity index (χ3v) is 4.00. The van der Waals surface area contributed by atoms with E-state index in [1.54, 1.807) is 0 Å². The van der Waals surface area contributed by atoms with Crippen LogP contribution < -0.4 is 10.2 Å². The van der Waals surface area contributed by atoms with Gasteiger partial charge in [0.15, 0.2) is 5.13 Å². The first kappa shape index (κ1) is 10.9. The number of aromatic nitrogens is 1. The zero-order valence-electron chi connectivity index (χ0n) is 9.49. The van der Waals surface area contributed by atoms with Crippen molar-refractivity contribution in [2.45, 2.75) is 19.3 Å². The van der Waals surface area contributed by atoms with Crippen molar-refractivity contribution in [3.8, 4) is 0 Å². The summed E-state index contributed by atoms with van der Waals surface area (Å²) in [7, 11) is 4.09. The van der Waals surface area contributed by atoms with Gasteiger partial charge in [-0.3, -0.25) is 0 Å². The topological polar surface area (TPSA) is 28.2 Å². The van der Waals surface area contributed by atoms with E-state index in [2.05, 4.69) is 15.2 Å². The average Bonchev–Trinajstić information content (AvgIpc) is 2.68. The van der Waals surface area contributed by atoms with Crippen LogP contribution in [0.25, 0.3) is 0 Å². The molecule has 3 nitrogen and oxygen atoms in total. The molecule has 1 aliphatic heterocycles. The molecule has 1 fully saturated rings. The van der Waals surface area contributed by atoms with Crippen LogP contribution in [0.15, 0.2) is 6.20 Å². The van der Waals surface area contributed by atoms with Gasteiger partial charge in [-0.1, -0.05) is 0 Å². The lowest BCUT2D eigenvalue weighted by Gasteiger charge is -2.21. The second-order valence-electron chi connectivity index (χ2n) is 4.42. The lowest BCUT2D eigenvalue weighted by atomic mass is 9.96. The minimum absolute atomic E-state index is 0.814. The van der Waals surface area contributed by atoms with Crippen molar-refractivity contribution in [3.63, 3.8) is 0 Å². The van der Waals surface area contributed by atoms with Crippen molar-refractivity contribution in [2.75, 3.05) is 32.1 Å². The molecule has 2 heterocycles. The maximum absolute atomic E-state index is 4.41. The third-order valence-electron chi connectivity index (χ3n) is 2.81. The number of anilines is 1. The molecular formula is C11H19N3S. The van der Waals surface area contributed by atoms with E-state index in [-0.39, 0.29) is 0 Å². The van der Waals surface area contributed by atoms with E-state index in [0.717, 1.165) is 11.0 Å². The number of thiazole rings is 1. The predicted octanol–water partition coefficient (Wildman–Crippen LogP) is 1.75. The highest BCUT2D eigenvalue weighted by molar-refractivity contribution is 7.15. The Hall–Kier alpha value is -0.610. The quantitative estimate of drug-likeness (QED) is 0.849. The van der Waals surface area contributed by atoms with Crippen LogP contribution in [-0.4, -0.2) is 32.2 Å². The van der Waals surface area contributed by atoms with Crippen molar-refractivity contribution >= 4 is 16.5 Å². The molecule has 1 aromatic heterocycles. The number of nitrogens with zero attached hydrogens (tertiary/aromatic N) is 2. The molecule has 0 radical (unpaired) electrons. The highest BCUT2D eigenvalue weighted by atomic mass is 32.1. The summed E-state index contributed by atoms with van der Waals surface area (Å²) < 4.78 is 0. The van der Waals surface area contributed by atoms with Gasteiger partial charge in [0.05, 0.1) is 0 Å². The van der Waals surface area contributed by atoms with Gasteiger partial charge in [-0.05, 0) is 38.3 Å². The van der Waals surface area contributed by atoms with E-state index in [1.807, 2.05) is 31.6 Å². The Balaban J connectivity index is 1.91. The molecule has 0 amide bonds. The molecule has 0 aliphatic carbocycles. The lowest BCUT2D eigenvalue weighted by Crippen LogP contribution is -2.30. The fourth-order valence-corrected chi connectivity index (χ4v) is 2.93. The highest BCUT2D eigenvalue weighted by Gasteiger charge is 2.15. The summed E-state index contributed by atoms with van der Waals surface area (Å²) in [6.45, 7) is 2.37. The average molecular weight is 225 g/mol. The van der Waals surface area contributed by atoms with E-state index < -0.39 is 0 Å². The molecular weight excluding hydrogens is 206 g/mol. The molecule has 0 spiro atoms. The van der Waals surface area contributed by atoms with E-state index in [4.69, 9.17) is 0 Å². The molecule has 1 atom stereocenters. The molecule has 1 aliphatic rings. The summed E-state index contributed by atoms with van der Waals surface area (Å²) >= 11 is 1.82. The normalized spacial score (nSPS) is 21.6. The van der Waals surface area contributed by atoms with Crippen LogP contribution in [-0.2, 0) is 6.42 Å². The fourth-order valence-electron chi connectivity index (χ4n) is 1.98. The first-order chi connectivity index (χ1) is 7.25. The van der Waals surface area contributed by atoms with Crippen molar-refractivity contribution in [3.05, 3.63) is 11.1 Å². The minimum atomic E-state index is 0.814. The molecule has 0 bridgehead atoms. The highest BCUT2D eigenvalue weighted by Crippen LogP contribution is 2.24. The predicted molar refractivity (Wildman–Crippen MR) is 65.7 cm³/mol. The summed E-state index contributed by atoms with van der Waals surface area (Å²) in [4.78, 5) is 7.91. The largest absolute Gasteiger partial charge is 0.354 e. The molecule has 1 saturated heterocycles. The Morgan fingerprint density at radius 1 is 1.60 bits per heavy atom. The van der Waals surface area contributed by atoms with Crippen LogP contribution in [0.1, 0.15) is 17.7 Å². The standard InChI is InChI=1S/C11H19N3S/c1-14(2)11-13-8-10(15-11)6-9-4-3-5-12-7-9/h8-9,12H,3-7H2,1-2H3. The monoisotopic (exact) mass is 225 g/mol. The van der Waals surface area contributed by atoms with E-state index in [9.17, 15) is 0 Å². The number of rotatable bonds is 3. The van der Waals surface area contributed by atoms with Crippen molar-refractivity contribution < 1.29 is 0 Å². The van der Waals surface area contributed by atoms with Gasteiger partial charge in [-0.2, -0.15) is 0 Å². The van der Waals surface area contributed by atoms with Gasteiger partial charge in [-0.15, -0.1) is 11.3 Å². The summed E-state index contributed by atoms with van der Waals surface area (Å²) in [5.41, 5.74) is 0. The fraction of sp³-hybridized carbons (Fsp3) is 0.727. The van der Waals surface area contributed by atoms with Crippen LogP contribution in [0.2, 0.25) is 0 Å². The van der Waals surface area contributed by atoms with Gasteiger partial charge in [-0.25, -0.2) is 4.98 Å². The van der Waals surface area contributed by atoms with Crippen LogP contribution in [0.4, 0.5) is 5.13 Å². The Morgan fingerprint density at radius 3 is 3.07 bits per heavy atom. The van der Waals surface area contributed by atoms with Gasteiger partial charge in [0, 0.05) is 25.2 Å². The number of nitrogens with one attached hydrogen (secondary N) is 1. The zero-order valence-corrected chi connectivity index (χ0v) is 10.3. The second kappa shape index (κ2) is 4.94. The van der Waals surface area contributed by atoms with Gasteiger partial charge in [0.2, 0.25) is 0 Å². The van der Waals surface area contributed by atoms with Crippen molar-refractivity contribution in [2.24, 2.45) is 5.92 Å². The van der Waals surface area contributed by atoms with Crippen LogP contribution in [0.5, 0.6) is 0 Å². The molecule has 1 aromatic rings. The molecule has 1 N–H and O–H groups in total. The van der Waals surface area contributed by atoms with E-state index in [1.165, 1.54) is 37.2 Å². The Labute approximate surface area is 95.5 Å². The van der Waals surface area contributed by atoms with Crippen LogP contribution in [0.3, 0.4) is 0 Å². The number of hydrogen-bond acceptors (Lipinski definition) is 4. The molecule has 15 heavy (non-hydrogen) atoms. The van der Waals surface area contributed by atoms with Crippen molar-refractivity contribution in [1.29, 1.82) is 0 Å². The van der Waals surface area contributed by atoms with Gasteiger partial charge in [0.25, 0.3) is 0 Å². The van der Waals surface area contributed by atoms with Gasteiger partial charge < -0.3 is 10.2 Å². The first-order valence-corrected chi connectivity index (χ1v) is 6.40. The zero-order chi connectivity index (χ0) is 10.7. The molecule has 84 valence electrons. The maximum atomic E-state index is 4.41. The van der Waals surface area contributed by atoms with E-state index in [0.29, 0.717) is 0 Å². The molecule has 0 aromatic carbocycles. The van der Waals surface area contributed by atoms with Crippen molar-refractivity contribution in [1.82, 2.24) is 10.3 Å². The Morgan fingerprint density at radius 2 is 2.47 bits per heavy atom. The summed E-state index contributed by atoms with van der Waals surface area (Å²) in [5, 5.41) is 4.58. The smallest absolute Gasteiger partial charge is 0.184 e. The van der Waals surface area contributed by atoms with Gasteiger partial charge in [0.1, 0.15) is 0 Å². The summed E-state index contributed by atoms with van der Waals surface area (Å²) in [6.07, 6.45) is 5.92. The van der Waals surface area contributed by atoms with Crippen LogP contribution in [0, 0.1) is 5.92 Å². The SMILES string of the molecule is CN(C)c1ncc(CC2CCCNC2)s1. The molecule has 2 rings (SSSR count).